The molecule has 0 saturated carbocycles. The molecular formula is C18H16N6O. The average Bonchev–Trinajstić information content (AvgIpc) is 3.02. The van der Waals surface area contributed by atoms with E-state index in [0.717, 1.165) is 16.7 Å². The summed E-state index contributed by atoms with van der Waals surface area (Å²) in [6, 6.07) is 13.0. The molecule has 0 radical (unpaired) electrons. The van der Waals surface area contributed by atoms with E-state index >= 15 is 0 Å². The van der Waals surface area contributed by atoms with Crippen molar-refractivity contribution in [2.75, 3.05) is 5.73 Å². The van der Waals surface area contributed by atoms with Crippen LogP contribution in [-0.4, -0.2) is 25.3 Å². The van der Waals surface area contributed by atoms with E-state index in [0.29, 0.717) is 5.65 Å². The summed E-state index contributed by atoms with van der Waals surface area (Å²) < 4.78 is 1.79. The van der Waals surface area contributed by atoms with Crippen LogP contribution in [0.15, 0.2) is 54.9 Å². The summed E-state index contributed by atoms with van der Waals surface area (Å²) in [6.07, 6.45) is 3.35. The van der Waals surface area contributed by atoms with Crippen LogP contribution in [0.5, 0.6) is 0 Å². The van der Waals surface area contributed by atoms with Crippen LogP contribution in [-0.2, 0) is 0 Å². The highest BCUT2D eigenvalue weighted by atomic mass is 16.1. The highest BCUT2D eigenvalue weighted by Gasteiger charge is 2.17. The van der Waals surface area contributed by atoms with Crippen molar-refractivity contribution in [1.29, 1.82) is 0 Å². The molecule has 1 atom stereocenters. The fourth-order valence-electron chi connectivity index (χ4n) is 2.77. The Bertz CT molecular complexity index is 1070. The molecule has 3 N–H and O–H groups in total. The van der Waals surface area contributed by atoms with Crippen molar-refractivity contribution >= 4 is 28.4 Å². The van der Waals surface area contributed by atoms with Crippen LogP contribution in [0, 0.1) is 0 Å². The predicted molar refractivity (Wildman–Crippen MR) is 95.0 cm³/mol. The summed E-state index contributed by atoms with van der Waals surface area (Å²) in [5, 5.41) is 2.89. The van der Waals surface area contributed by atoms with Gasteiger partial charge in [-0.1, -0.05) is 18.2 Å². The largest absolute Gasteiger partial charge is 0.381 e. The van der Waals surface area contributed by atoms with Crippen LogP contribution in [0.3, 0.4) is 0 Å². The number of fused-ring (bicyclic) bond motifs is 3. The van der Waals surface area contributed by atoms with Crippen molar-refractivity contribution in [1.82, 2.24) is 24.7 Å². The molecule has 0 fully saturated rings. The highest BCUT2D eigenvalue weighted by Crippen LogP contribution is 2.20. The lowest BCUT2D eigenvalue weighted by atomic mass is 10.2. The molecular weight excluding hydrogens is 316 g/mol. The first-order valence-electron chi connectivity index (χ1n) is 7.88. The highest BCUT2D eigenvalue weighted by molar-refractivity contribution is 5.94. The fraction of sp³-hybridized carbons (Fsp3) is 0.111. The van der Waals surface area contributed by atoms with Gasteiger partial charge in [-0.2, -0.15) is 0 Å². The molecule has 0 aliphatic rings. The monoisotopic (exact) mass is 332 g/mol. The van der Waals surface area contributed by atoms with E-state index in [1.165, 1.54) is 0 Å². The second kappa shape index (κ2) is 5.86. The van der Waals surface area contributed by atoms with Gasteiger partial charge in [-0.05, 0) is 31.2 Å². The lowest BCUT2D eigenvalue weighted by Gasteiger charge is -2.13. The maximum atomic E-state index is 12.6. The van der Waals surface area contributed by atoms with Gasteiger partial charge < -0.3 is 11.1 Å². The van der Waals surface area contributed by atoms with Gasteiger partial charge >= 0.3 is 0 Å². The number of carbonyl (C=O) groups is 1. The topological polar surface area (TPSA) is 98.2 Å². The van der Waals surface area contributed by atoms with Crippen molar-refractivity contribution in [3.63, 3.8) is 0 Å². The van der Waals surface area contributed by atoms with E-state index in [1.54, 1.807) is 16.8 Å². The Morgan fingerprint density at radius 3 is 2.76 bits per heavy atom. The lowest BCUT2D eigenvalue weighted by Crippen LogP contribution is -2.28. The Morgan fingerprint density at radius 1 is 1.16 bits per heavy atom. The van der Waals surface area contributed by atoms with E-state index in [1.807, 2.05) is 49.4 Å². The zero-order valence-corrected chi connectivity index (χ0v) is 13.5. The van der Waals surface area contributed by atoms with Gasteiger partial charge in [0.1, 0.15) is 5.69 Å². The van der Waals surface area contributed by atoms with E-state index in [9.17, 15) is 4.79 Å². The number of benzene rings is 1. The van der Waals surface area contributed by atoms with Gasteiger partial charge in [0.05, 0.1) is 22.8 Å². The molecule has 25 heavy (non-hydrogen) atoms. The Labute approximate surface area is 143 Å². The molecule has 0 bridgehead atoms. The number of pyridine rings is 1. The lowest BCUT2D eigenvalue weighted by molar-refractivity contribution is 0.0933. The summed E-state index contributed by atoms with van der Waals surface area (Å²) in [6.45, 7) is 1.87. The van der Waals surface area contributed by atoms with Crippen LogP contribution in [0.1, 0.15) is 29.1 Å². The molecule has 0 saturated heterocycles. The van der Waals surface area contributed by atoms with Gasteiger partial charge in [0.15, 0.2) is 11.5 Å². The molecule has 7 nitrogen and oxygen atoms in total. The van der Waals surface area contributed by atoms with E-state index in [2.05, 4.69) is 20.3 Å². The summed E-state index contributed by atoms with van der Waals surface area (Å²) in [5.74, 6) is -0.0983. The zero-order chi connectivity index (χ0) is 17.4. The Balaban J connectivity index is 1.71. The van der Waals surface area contributed by atoms with Gasteiger partial charge in [0.2, 0.25) is 0 Å². The second-order valence-corrected chi connectivity index (χ2v) is 5.76. The molecule has 4 aromatic rings. The third-order valence-corrected chi connectivity index (χ3v) is 4.03. The van der Waals surface area contributed by atoms with Gasteiger partial charge in [-0.15, -0.1) is 0 Å². The molecule has 1 amide bonds. The minimum absolute atomic E-state index is 0.217. The number of nitrogens with two attached hydrogens (primary N) is 1. The number of imidazole rings is 1. The normalized spacial score (nSPS) is 12.4. The summed E-state index contributed by atoms with van der Waals surface area (Å²) >= 11 is 0. The third-order valence-electron chi connectivity index (χ3n) is 4.03. The predicted octanol–water partition coefficient (Wildman–Crippen LogP) is 2.35. The van der Waals surface area contributed by atoms with Gasteiger partial charge in [-0.3, -0.25) is 14.2 Å². The van der Waals surface area contributed by atoms with Crippen LogP contribution < -0.4 is 11.1 Å². The number of para-hydroxylation sites is 2. The van der Waals surface area contributed by atoms with Gasteiger partial charge in [0, 0.05) is 12.4 Å². The quantitative estimate of drug-likeness (QED) is 0.600. The fourth-order valence-corrected chi connectivity index (χ4v) is 2.77. The van der Waals surface area contributed by atoms with Gasteiger partial charge in [-0.25, -0.2) is 9.97 Å². The van der Waals surface area contributed by atoms with Crippen molar-refractivity contribution in [2.45, 2.75) is 13.0 Å². The van der Waals surface area contributed by atoms with E-state index in [4.69, 9.17) is 5.73 Å². The molecule has 3 heterocycles. The first-order valence-corrected chi connectivity index (χ1v) is 7.88. The Kier molecular flexibility index (Phi) is 3.53. The minimum atomic E-state index is -0.315. The number of rotatable bonds is 3. The first kappa shape index (κ1) is 15.1. The minimum Gasteiger partial charge on any atom is -0.381 e. The van der Waals surface area contributed by atoms with E-state index < -0.39 is 0 Å². The molecule has 0 aliphatic heterocycles. The number of hydrogen-bond acceptors (Lipinski definition) is 5. The zero-order valence-electron chi connectivity index (χ0n) is 13.5. The number of aromatic nitrogens is 4. The number of nitrogen functional groups attached to an aromatic ring is 1. The number of anilines is 1. The second-order valence-electron chi connectivity index (χ2n) is 5.76. The van der Waals surface area contributed by atoms with Crippen LogP contribution in [0.2, 0.25) is 0 Å². The SMILES string of the molecule is C[C@@H](NC(=O)c1cn2c(nc3ccccc32)c(N)n1)c1ccccn1. The molecule has 0 spiro atoms. The summed E-state index contributed by atoms with van der Waals surface area (Å²) in [7, 11) is 0. The standard InChI is InChI=1S/C18H16N6O/c1-11(12-6-4-5-9-20-12)21-18(25)14-10-24-15-8-3-2-7-13(15)23-17(24)16(19)22-14/h2-11H,1H3,(H2,19,22)(H,21,25)/t11-/m1/s1. The molecule has 4 rings (SSSR count). The maximum Gasteiger partial charge on any atom is 0.272 e. The van der Waals surface area contributed by atoms with Crippen molar-refractivity contribution in [2.24, 2.45) is 0 Å². The third kappa shape index (κ3) is 2.65. The van der Waals surface area contributed by atoms with Crippen molar-refractivity contribution in [3.8, 4) is 0 Å². The number of nitrogens with one attached hydrogen (secondary N) is 1. The molecule has 124 valence electrons. The number of hydrogen-bond donors (Lipinski definition) is 2. The van der Waals surface area contributed by atoms with E-state index in [-0.39, 0.29) is 23.5 Å². The smallest absolute Gasteiger partial charge is 0.272 e. The molecule has 0 aliphatic carbocycles. The molecule has 1 aromatic carbocycles. The van der Waals surface area contributed by atoms with Crippen molar-refractivity contribution in [3.05, 3.63) is 66.2 Å². The van der Waals surface area contributed by atoms with Gasteiger partial charge in [0.25, 0.3) is 5.91 Å². The average molecular weight is 332 g/mol. The summed E-state index contributed by atoms with van der Waals surface area (Å²) in [4.78, 5) is 25.5. The number of amides is 1. The number of nitrogens with zero attached hydrogens (tertiary/aromatic N) is 4. The number of carbonyl (C=O) groups excluding carboxylic acids is 1. The van der Waals surface area contributed by atoms with Crippen LogP contribution in [0.25, 0.3) is 16.7 Å². The molecule has 3 aromatic heterocycles. The van der Waals surface area contributed by atoms with Crippen LogP contribution >= 0.6 is 0 Å². The molecule has 0 unspecified atom stereocenters. The maximum absolute atomic E-state index is 12.6. The molecule has 7 heteroatoms. The first-order chi connectivity index (χ1) is 12.1. The van der Waals surface area contributed by atoms with Crippen molar-refractivity contribution < 1.29 is 4.79 Å². The summed E-state index contributed by atoms with van der Waals surface area (Å²) in [5.41, 5.74) is 9.23. The Hall–Kier alpha value is -3.48. The Morgan fingerprint density at radius 2 is 1.96 bits per heavy atom. The van der Waals surface area contributed by atoms with Crippen LogP contribution in [0.4, 0.5) is 5.82 Å².